The van der Waals surface area contributed by atoms with Crippen molar-refractivity contribution >= 4 is 76.2 Å². The van der Waals surface area contributed by atoms with Gasteiger partial charge in [-0.1, -0.05) is 19.8 Å². The van der Waals surface area contributed by atoms with Crippen molar-refractivity contribution in [2.24, 2.45) is 0 Å². The third-order valence-electron chi connectivity index (χ3n) is 6.66. The van der Waals surface area contributed by atoms with Crippen LogP contribution < -0.4 is 5.79 Å². The van der Waals surface area contributed by atoms with Crippen LogP contribution in [0.3, 0.4) is 0 Å². The summed E-state index contributed by atoms with van der Waals surface area (Å²) in [5.74, 6) is -1.61. The van der Waals surface area contributed by atoms with Crippen LogP contribution in [0.2, 0.25) is 29.6 Å². The normalized spacial score (nSPS) is 12.7. The SMILES string of the molecule is CCCCCCCCn1nc2c(-c3cc[c]([Sn]([CH3])([CH3])[CH3])s3)c(F)c(F)c(-c3cc[c]([Sn]([CH3])([CH3])[CH3])s3)c2n1. The van der Waals surface area contributed by atoms with Crippen molar-refractivity contribution in [2.75, 3.05) is 0 Å². The predicted octanol–water partition coefficient (Wildman–Crippen LogP) is 8.62. The topological polar surface area (TPSA) is 30.7 Å². The molecule has 0 atom stereocenters. The van der Waals surface area contributed by atoms with Gasteiger partial charge in [0.2, 0.25) is 0 Å². The number of benzene rings is 1. The molecule has 0 radical (unpaired) electrons. The van der Waals surface area contributed by atoms with Crippen molar-refractivity contribution in [1.82, 2.24) is 15.0 Å². The van der Waals surface area contributed by atoms with Gasteiger partial charge < -0.3 is 0 Å². The molecule has 3 heterocycles. The summed E-state index contributed by atoms with van der Waals surface area (Å²) in [7, 11) is 0. The number of fused-ring (bicyclic) bond motifs is 1. The van der Waals surface area contributed by atoms with E-state index in [9.17, 15) is 0 Å². The number of halogens is 2. The zero-order chi connectivity index (χ0) is 27.0. The minimum absolute atomic E-state index is 0.268. The zero-order valence-corrected chi connectivity index (χ0v) is 30.5. The molecule has 37 heavy (non-hydrogen) atoms. The first-order valence-corrected chi connectivity index (χ1v) is 35.0. The van der Waals surface area contributed by atoms with Crippen molar-refractivity contribution < 1.29 is 8.78 Å². The average molecular weight is 757 g/mol. The number of thiophene rings is 2. The van der Waals surface area contributed by atoms with Gasteiger partial charge in [-0.2, -0.15) is 0 Å². The number of hydrogen-bond donors (Lipinski definition) is 0. The molecule has 0 bridgehead atoms. The van der Waals surface area contributed by atoms with E-state index < -0.39 is 48.4 Å². The summed E-state index contributed by atoms with van der Waals surface area (Å²) < 4.78 is 34.5. The second-order valence-corrected chi connectivity index (χ2v) is 45.0. The molecule has 0 unspecified atom stereocenters. The van der Waals surface area contributed by atoms with Gasteiger partial charge in [-0.05, 0) is 0 Å². The Labute approximate surface area is 236 Å². The van der Waals surface area contributed by atoms with Gasteiger partial charge in [0.15, 0.2) is 0 Å². The molecule has 3 nitrogen and oxygen atoms in total. The molecule has 0 aliphatic rings. The zero-order valence-electron chi connectivity index (χ0n) is 23.2. The Morgan fingerprint density at radius 1 is 0.676 bits per heavy atom. The Kier molecular flexibility index (Phi) is 9.49. The van der Waals surface area contributed by atoms with Gasteiger partial charge in [-0.3, -0.25) is 0 Å². The van der Waals surface area contributed by atoms with Crippen LogP contribution in [-0.2, 0) is 6.54 Å². The van der Waals surface area contributed by atoms with E-state index in [4.69, 9.17) is 10.2 Å². The Morgan fingerprint density at radius 3 is 1.51 bits per heavy atom. The van der Waals surface area contributed by atoms with Crippen molar-refractivity contribution in [3.63, 3.8) is 0 Å². The van der Waals surface area contributed by atoms with Crippen LogP contribution in [0, 0.1) is 11.6 Å². The Hall–Kier alpha value is -0.523. The fourth-order valence-corrected chi connectivity index (χ4v) is 17.1. The van der Waals surface area contributed by atoms with E-state index in [1.807, 2.05) is 12.1 Å². The number of aryl methyl sites for hydroxylation is 1. The van der Waals surface area contributed by atoms with Gasteiger partial charge in [0.1, 0.15) is 0 Å². The summed E-state index contributed by atoms with van der Waals surface area (Å²) in [4.78, 5) is 17.2. The summed E-state index contributed by atoms with van der Waals surface area (Å²) in [6, 6.07) is 8.11. The van der Waals surface area contributed by atoms with Crippen LogP contribution >= 0.6 is 22.7 Å². The van der Waals surface area contributed by atoms with Crippen LogP contribution in [0.25, 0.3) is 31.9 Å². The average Bonchev–Trinajstić information content (AvgIpc) is 3.56. The van der Waals surface area contributed by atoms with E-state index in [-0.39, 0.29) is 11.1 Å². The molecule has 0 saturated heterocycles. The minimum atomic E-state index is -2.35. The Bertz CT molecular complexity index is 1280. The summed E-state index contributed by atoms with van der Waals surface area (Å²) in [5, 5.41) is 9.56. The predicted molar refractivity (Wildman–Crippen MR) is 163 cm³/mol. The molecule has 4 rings (SSSR count). The molecule has 0 aliphatic heterocycles. The molecule has 0 aliphatic carbocycles. The number of hydrogen-bond acceptors (Lipinski definition) is 4. The first-order valence-electron chi connectivity index (χ1n) is 13.4. The molecule has 0 amide bonds. The molecule has 0 fully saturated rings. The van der Waals surface area contributed by atoms with Crippen LogP contribution in [0.4, 0.5) is 8.78 Å². The van der Waals surface area contributed by atoms with Crippen LogP contribution in [0.15, 0.2) is 24.3 Å². The third kappa shape index (κ3) is 6.62. The molecule has 0 saturated carbocycles. The summed E-state index contributed by atoms with van der Waals surface area (Å²) >= 11 is -1.51. The monoisotopic (exact) mass is 759 g/mol. The third-order valence-corrected chi connectivity index (χ3v) is 27.8. The molecule has 0 spiro atoms. The van der Waals surface area contributed by atoms with Gasteiger partial charge in [-0.15, -0.1) is 0 Å². The van der Waals surface area contributed by atoms with E-state index in [0.29, 0.717) is 17.6 Å². The van der Waals surface area contributed by atoms with E-state index in [2.05, 4.69) is 48.7 Å². The summed E-state index contributed by atoms with van der Waals surface area (Å²) in [6.45, 7) is 2.88. The molecular weight excluding hydrogens is 718 g/mol. The summed E-state index contributed by atoms with van der Waals surface area (Å²) in [6.07, 6.45) is 7.00. The fraction of sp³-hybridized carbons (Fsp3) is 0.500. The Morgan fingerprint density at radius 2 is 1.11 bits per heavy atom. The van der Waals surface area contributed by atoms with Crippen molar-refractivity contribution in [3.8, 4) is 20.9 Å². The van der Waals surface area contributed by atoms with Gasteiger partial charge in [-0.25, -0.2) is 0 Å². The molecule has 0 N–H and O–H groups in total. The van der Waals surface area contributed by atoms with Gasteiger partial charge >= 0.3 is 219 Å². The van der Waals surface area contributed by atoms with Crippen molar-refractivity contribution in [1.29, 1.82) is 0 Å². The second-order valence-electron chi connectivity index (χ2n) is 12.0. The maximum atomic E-state index is 15.9. The standard InChI is InChI=1S/C22H21F2N3S2.6CH3.2Sn/c1-2-3-4-5-6-7-12-27-25-21-17(15-10-8-13-28-15)19(23)20(24)18(22(21)26-27)16-11-9-14-29-16;;;;;;;;/h8-11H,2-7,12H2,1H3;6*1H3;;. The number of nitrogens with zero attached hydrogens (tertiary/aromatic N) is 3. The van der Waals surface area contributed by atoms with E-state index >= 15 is 8.78 Å². The fourth-order valence-electron chi connectivity index (χ4n) is 4.45. The van der Waals surface area contributed by atoms with Gasteiger partial charge in [0.05, 0.1) is 0 Å². The van der Waals surface area contributed by atoms with Gasteiger partial charge in [0, 0.05) is 0 Å². The van der Waals surface area contributed by atoms with Crippen LogP contribution in [0.1, 0.15) is 45.4 Å². The van der Waals surface area contributed by atoms with Gasteiger partial charge in [0.25, 0.3) is 0 Å². The first kappa shape index (κ1) is 29.5. The van der Waals surface area contributed by atoms with Crippen molar-refractivity contribution in [2.45, 2.75) is 81.6 Å². The number of rotatable bonds is 11. The van der Waals surface area contributed by atoms with Crippen LogP contribution in [0.5, 0.6) is 0 Å². The number of aromatic nitrogens is 3. The Balaban J connectivity index is 1.82. The summed E-state index contributed by atoms with van der Waals surface area (Å²) in [5.41, 5.74) is 1.49. The quantitative estimate of drug-likeness (QED) is 0.113. The number of unbranched alkanes of at least 4 members (excludes halogenated alkanes) is 5. The molecule has 9 heteroatoms. The van der Waals surface area contributed by atoms with E-state index in [1.54, 1.807) is 27.5 Å². The second kappa shape index (κ2) is 11.9. The molecule has 1 aromatic carbocycles. The molecular formula is C28H39F2N3S2Sn2. The van der Waals surface area contributed by atoms with E-state index in [0.717, 1.165) is 22.6 Å². The molecule has 3 aromatic heterocycles. The van der Waals surface area contributed by atoms with Crippen molar-refractivity contribution in [3.05, 3.63) is 35.9 Å². The molecule has 4 aromatic rings. The van der Waals surface area contributed by atoms with E-state index in [1.165, 1.54) is 31.5 Å². The maximum absolute atomic E-state index is 15.9. The van der Waals surface area contributed by atoms with Crippen LogP contribution in [-0.4, -0.2) is 51.7 Å². The molecule has 200 valence electrons. The first-order chi connectivity index (χ1) is 17.4.